The van der Waals surface area contributed by atoms with Crippen LogP contribution in [-0.4, -0.2) is 49.0 Å². The molecule has 0 aromatic carbocycles. The first-order valence-corrected chi connectivity index (χ1v) is 6.14. The molecule has 18 heavy (non-hydrogen) atoms. The fourth-order valence-corrected chi connectivity index (χ4v) is 2.22. The van der Waals surface area contributed by atoms with Crippen LogP contribution in [0.15, 0.2) is 5.16 Å². The number of hydrogen-bond acceptors (Lipinski definition) is 4. The Balaban J connectivity index is 2.52. The molecule has 6 nitrogen and oxygen atoms in total. The molecule has 0 spiro atoms. The second kappa shape index (κ2) is 5.14. The smallest absolute Gasteiger partial charge is 0.233 e. The van der Waals surface area contributed by atoms with Crippen molar-refractivity contribution >= 4 is 11.7 Å². The lowest BCUT2D eigenvalue weighted by atomic mass is 9.92. The molecule has 1 saturated carbocycles. The zero-order valence-corrected chi connectivity index (χ0v) is 11.7. The second-order valence-electron chi connectivity index (χ2n) is 6.15. The molecule has 0 bridgehead atoms. The van der Waals surface area contributed by atoms with E-state index in [0.29, 0.717) is 19.4 Å². The molecule has 0 saturated heterocycles. The van der Waals surface area contributed by atoms with E-state index in [1.54, 1.807) is 0 Å². The average molecular weight is 256 g/mol. The van der Waals surface area contributed by atoms with E-state index in [9.17, 15) is 4.79 Å². The molecular weight excluding hydrogens is 232 g/mol. The van der Waals surface area contributed by atoms with Gasteiger partial charge in [-0.05, 0) is 32.4 Å². The largest absolute Gasteiger partial charge is 0.409 e. The molecule has 1 aliphatic rings. The van der Waals surface area contributed by atoms with Gasteiger partial charge >= 0.3 is 0 Å². The Hall–Kier alpha value is -1.30. The lowest BCUT2D eigenvalue weighted by Crippen LogP contribution is -2.46. The van der Waals surface area contributed by atoms with Gasteiger partial charge in [0.25, 0.3) is 0 Å². The number of amidine groups is 1. The fraction of sp³-hybridized carbons (Fsp3) is 0.833. The number of nitrogens with one attached hydrogen (secondary N) is 1. The Labute approximate surface area is 108 Å². The summed E-state index contributed by atoms with van der Waals surface area (Å²) in [5.74, 6) is -0.116. The highest BCUT2D eigenvalue weighted by Gasteiger charge is 2.54. The van der Waals surface area contributed by atoms with Gasteiger partial charge in [0.05, 0.1) is 0 Å². The van der Waals surface area contributed by atoms with E-state index in [0.717, 1.165) is 6.54 Å². The molecule has 1 aliphatic carbocycles. The van der Waals surface area contributed by atoms with E-state index in [4.69, 9.17) is 10.9 Å². The topological polar surface area (TPSA) is 91.0 Å². The monoisotopic (exact) mass is 256 g/mol. The summed E-state index contributed by atoms with van der Waals surface area (Å²) in [6, 6.07) is 0. The second-order valence-corrected chi connectivity index (χ2v) is 6.15. The summed E-state index contributed by atoms with van der Waals surface area (Å²) in [4.78, 5) is 14.1. The van der Waals surface area contributed by atoms with Crippen molar-refractivity contribution < 1.29 is 10.0 Å². The number of amides is 1. The van der Waals surface area contributed by atoms with Crippen molar-refractivity contribution in [3.8, 4) is 0 Å². The normalized spacial score (nSPS) is 18.8. The molecule has 1 fully saturated rings. The van der Waals surface area contributed by atoms with E-state index in [1.807, 2.05) is 14.1 Å². The van der Waals surface area contributed by atoms with E-state index in [1.165, 1.54) is 0 Å². The molecule has 0 unspecified atom stereocenters. The van der Waals surface area contributed by atoms with Crippen LogP contribution in [0.1, 0.15) is 26.7 Å². The van der Waals surface area contributed by atoms with Gasteiger partial charge in [-0.2, -0.15) is 0 Å². The number of carbonyl (C=O) groups excluding carboxylic acids is 1. The minimum Gasteiger partial charge on any atom is -0.409 e. The number of nitrogens with zero attached hydrogens (tertiary/aromatic N) is 2. The minimum atomic E-state index is -0.761. The summed E-state index contributed by atoms with van der Waals surface area (Å²) in [6.07, 6.45) is 1.31. The fourth-order valence-electron chi connectivity index (χ4n) is 2.22. The average Bonchev–Trinajstić information content (AvgIpc) is 3.04. The molecule has 1 rings (SSSR count). The first-order valence-electron chi connectivity index (χ1n) is 6.14. The maximum atomic E-state index is 12.1. The zero-order valence-electron chi connectivity index (χ0n) is 11.7. The molecule has 0 aromatic heterocycles. The van der Waals surface area contributed by atoms with E-state index in [-0.39, 0.29) is 17.2 Å². The molecule has 0 heterocycles. The third kappa shape index (κ3) is 3.35. The molecule has 1 amide bonds. The van der Waals surface area contributed by atoms with Crippen molar-refractivity contribution in [2.45, 2.75) is 26.7 Å². The Morgan fingerprint density at radius 2 is 2.06 bits per heavy atom. The van der Waals surface area contributed by atoms with Crippen LogP contribution < -0.4 is 11.1 Å². The van der Waals surface area contributed by atoms with E-state index >= 15 is 0 Å². The SMILES string of the molecule is CN(C)CC(C)(C)CNC(=O)C1(C(N)=NO)CC1. The predicted octanol–water partition coefficient (Wildman–Crippen LogP) is 0.217. The Morgan fingerprint density at radius 3 is 2.44 bits per heavy atom. The van der Waals surface area contributed by atoms with Crippen molar-refractivity contribution in [3.63, 3.8) is 0 Å². The van der Waals surface area contributed by atoms with Crippen LogP contribution in [0.3, 0.4) is 0 Å². The Bertz CT molecular complexity index is 346. The van der Waals surface area contributed by atoms with Gasteiger partial charge in [0, 0.05) is 13.1 Å². The highest BCUT2D eigenvalue weighted by atomic mass is 16.4. The van der Waals surface area contributed by atoms with E-state index in [2.05, 4.69) is 29.2 Å². The number of carbonyl (C=O) groups is 1. The molecule has 0 atom stereocenters. The van der Waals surface area contributed by atoms with Gasteiger partial charge in [0.15, 0.2) is 5.84 Å². The minimum absolute atomic E-state index is 0.0135. The summed E-state index contributed by atoms with van der Waals surface area (Å²) in [6.45, 7) is 5.64. The number of nitrogens with two attached hydrogens (primary N) is 1. The van der Waals surface area contributed by atoms with Crippen molar-refractivity contribution in [1.82, 2.24) is 10.2 Å². The van der Waals surface area contributed by atoms with Crippen molar-refractivity contribution in [2.75, 3.05) is 27.2 Å². The van der Waals surface area contributed by atoms with Crippen LogP contribution >= 0.6 is 0 Å². The third-order valence-electron chi connectivity index (χ3n) is 3.25. The van der Waals surface area contributed by atoms with Gasteiger partial charge in [0.2, 0.25) is 5.91 Å². The van der Waals surface area contributed by atoms with Crippen molar-refractivity contribution in [3.05, 3.63) is 0 Å². The number of oxime groups is 1. The summed E-state index contributed by atoms with van der Waals surface area (Å²) in [5, 5.41) is 14.6. The lowest BCUT2D eigenvalue weighted by Gasteiger charge is -2.29. The maximum absolute atomic E-state index is 12.1. The van der Waals surface area contributed by atoms with Gasteiger partial charge < -0.3 is 21.2 Å². The zero-order chi connectivity index (χ0) is 14.0. The summed E-state index contributed by atoms with van der Waals surface area (Å²) >= 11 is 0. The first-order chi connectivity index (χ1) is 8.23. The van der Waals surface area contributed by atoms with Crippen molar-refractivity contribution in [1.29, 1.82) is 0 Å². The standard InChI is InChI=1S/C12H24N4O2/c1-11(2,8-16(3)4)7-14-10(17)12(5-6-12)9(13)15-18/h18H,5-8H2,1-4H3,(H2,13,15)(H,14,17). The van der Waals surface area contributed by atoms with Gasteiger partial charge in [-0.15, -0.1) is 0 Å². The Morgan fingerprint density at radius 1 is 1.50 bits per heavy atom. The summed E-state index contributed by atoms with van der Waals surface area (Å²) < 4.78 is 0. The molecule has 104 valence electrons. The van der Waals surface area contributed by atoms with Crippen LogP contribution in [0.5, 0.6) is 0 Å². The van der Waals surface area contributed by atoms with Crippen LogP contribution in [-0.2, 0) is 4.79 Å². The molecule has 0 aromatic rings. The number of hydrogen-bond donors (Lipinski definition) is 3. The summed E-state index contributed by atoms with van der Waals surface area (Å²) in [7, 11) is 4.00. The Kier molecular flexibility index (Phi) is 4.21. The molecule has 0 radical (unpaired) electrons. The van der Waals surface area contributed by atoms with Gasteiger partial charge in [-0.25, -0.2) is 0 Å². The van der Waals surface area contributed by atoms with Crippen LogP contribution in [0.2, 0.25) is 0 Å². The number of rotatable bonds is 6. The molecule has 0 aliphatic heterocycles. The van der Waals surface area contributed by atoms with Crippen LogP contribution in [0, 0.1) is 10.8 Å². The molecule has 6 heteroatoms. The maximum Gasteiger partial charge on any atom is 0.233 e. The van der Waals surface area contributed by atoms with Crippen molar-refractivity contribution in [2.24, 2.45) is 21.7 Å². The summed E-state index contributed by atoms with van der Waals surface area (Å²) in [5.41, 5.74) is 4.79. The van der Waals surface area contributed by atoms with Gasteiger partial charge in [0.1, 0.15) is 5.41 Å². The van der Waals surface area contributed by atoms with Gasteiger partial charge in [-0.1, -0.05) is 19.0 Å². The lowest BCUT2D eigenvalue weighted by molar-refractivity contribution is -0.124. The van der Waals surface area contributed by atoms with E-state index < -0.39 is 5.41 Å². The first kappa shape index (κ1) is 14.8. The predicted molar refractivity (Wildman–Crippen MR) is 70.4 cm³/mol. The van der Waals surface area contributed by atoms with Gasteiger partial charge in [-0.3, -0.25) is 4.79 Å². The quantitative estimate of drug-likeness (QED) is 0.274. The highest BCUT2D eigenvalue weighted by molar-refractivity contribution is 6.09. The van der Waals surface area contributed by atoms with Crippen LogP contribution in [0.25, 0.3) is 0 Å². The van der Waals surface area contributed by atoms with Crippen LogP contribution in [0.4, 0.5) is 0 Å². The third-order valence-corrected chi connectivity index (χ3v) is 3.25. The molecular formula is C12H24N4O2. The highest BCUT2D eigenvalue weighted by Crippen LogP contribution is 2.46. The molecule has 4 N–H and O–H groups in total.